The van der Waals surface area contributed by atoms with E-state index in [0.717, 1.165) is 12.3 Å². The smallest absolute Gasteiger partial charge is 0.164 e. The molecule has 1 fully saturated rings. The lowest BCUT2D eigenvalue weighted by molar-refractivity contribution is 0.549. The van der Waals surface area contributed by atoms with Crippen LogP contribution in [0.4, 0.5) is 0 Å². The van der Waals surface area contributed by atoms with E-state index in [1.54, 1.807) is 0 Å². The minimum Gasteiger partial charge on any atom is -0.376 e. The molecule has 1 aliphatic carbocycles. The van der Waals surface area contributed by atoms with Crippen LogP contribution in [0, 0.1) is 12.8 Å². The average molecular weight is 234 g/mol. The van der Waals surface area contributed by atoms with Crippen molar-refractivity contribution in [3.63, 3.8) is 0 Å². The summed E-state index contributed by atoms with van der Waals surface area (Å²) in [4.78, 5) is 0. The summed E-state index contributed by atoms with van der Waals surface area (Å²) < 4.78 is 0. The molecule has 0 spiro atoms. The number of aryl methyl sites for hydroxylation is 1. The summed E-state index contributed by atoms with van der Waals surface area (Å²) in [5.41, 5.74) is 8.14. The Bertz CT molecular complexity index is 368. The third-order valence-corrected chi connectivity index (χ3v) is 3.18. The quantitative estimate of drug-likeness (QED) is 0.787. The second kappa shape index (κ2) is 4.83. The third-order valence-electron chi connectivity index (χ3n) is 3.06. The van der Waals surface area contributed by atoms with E-state index < -0.39 is 0 Å². The van der Waals surface area contributed by atoms with Crippen LogP contribution in [-0.4, -0.2) is 5.11 Å². The number of nitrogens with two attached hydrogens (primary N) is 1. The molecule has 2 rings (SSSR count). The Morgan fingerprint density at radius 1 is 1.44 bits per heavy atom. The van der Waals surface area contributed by atoms with Crippen molar-refractivity contribution >= 4 is 17.3 Å². The van der Waals surface area contributed by atoms with Crippen LogP contribution >= 0.6 is 12.2 Å². The van der Waals surface area contributed by atoms with E-state index >= 15 is 0 Å². The molecule has 0 radical (unpaired) electrons. The molecule has 1 aromatic rings. The monoisotopic (exact) mass is 234 g/mol. The summed E-state index contributed by atoms with van der Waals surface area (Å²) in [6.45, 7) is 2.10. The van der Waals surface area contributed by atoms with Crippen molar-refractivity contribution in [3.8, 4) is 0 Å². The molecule has 0 bridgehead atoms. The van der Waals surface area contributed by atoms with E-state index in [1.165, 1.54) is 24.0 Å². The van der Waals surface area contributed by atoms with Gasteiger partial charge >= 0.3 is 0 Å². The van der Waals surface area contributed by atoms with Crippen LogP contribution < -0.4 is 11.1 Å². The highest BCUT2D eigenvalue weighted by molar-refractivity contribution is 7.80. The first-order chi connectivity index (χ1) is 7.65. The highest BCUT2D eigenvalue weighted by atomic mass is 32.1. The molecular formula is C13H18N2S. The van der Waals surface area contributed by atoms with Crippen molar-refractivity contribution in [3.05, 3.63) is 35.4 Å². The Morgan fingerprint density at radius 2 is 2.06 bits per heavy atom. The third kappa shape index (κ3) is 3.20. The van der Waals surface area contributed by atoms with Crippen LogP contribution in [0.1, 0.15) is 36.4 Å². The van der Waals surface area contributed by atoms with Gasteiger partial charge in [0.05, 0.1) is 6.04 Å². The minimum atomic E-state index is 0.283. The number of hydrogen-bond donors (Lipinski definition) is 2. The van der Waals surface area contributed by atoms with Gasteiger partial charge in [-0.15, -0.1) is 0 Å². The topological polar surface area (TPSA) is 38.0 Å². The van der Waals surface area contributed by atoms with E-state index in [1.807, 2.05) is 0 Å². The summed E-state index contributed by atoms with van der Waals surface area (Å²) in [6, 6.07) is 8.87. The zero-order chi connectivity index (χ0) is 11.5. The van der Waals surface area contributed by atoms with Gasteiger partial charge in [0, 0.05) is 0 Å². The molecule has 0 aromatic heterocycles. The van der Waals surface area contributed by atoms with Crippen molar-refractivity contribution in [1.82, 2.24) is 5.32 Å². The molecular weight excluding hydrogens is 216 g/mol. The van der Waals surface area contributed by atoms with Gasteiger partial charge in [-0.3, -0.25) is 0 Å². The maximum absolute atomic E-state index is 5.58. The van der Waals surface area contributed by atoms with Gasteiger partial charge < -0.3 is 11.1 Å². The van der Waals surface area contributed by atoms with E-state index in [9.17, 15) is 0 Å². The molecule has 3 N–H and O–H groups in total. The Hall–Kier alpha value is -1.09. The molecule has 86 valence electrons. The molecule has 0 heterocycles. The van der Waals surface area contributed by atoms with Crippen LogP contribution in [0.3, 0.4) is 0 Å². The second-order valence-electron chi connectivity index (χ2n) is 4.65. The number of hydrogen-bond acceptors (Lipinski definition) is 1. The van der Waals surface area contributed by atoms with Crippen molar-refractivity contribution in [2.24, 2.45) is 11.7 Å². The van der Waals surface area contributed by atoms with E-state index in [0.29, 0.717) is 5.11 Å². The fraction of sp³-hybridized carbons (Fsp3) is 0.462. The van der Waals surface area contributed by atoms with E-state index in [4.69, 9.17) is 18.0 Å². The fourth-order valence-corrected chi connectivity index (χ4v) is 2.08. The maximum atomic E-state index is 5.58. The number of nitrogens with one attached hydrogen (secondary N) is 1. The minimum absolute atomic E-state index is 0.283. The molecule has 0 saturated heterocycles. The molecule has 1 atom stereocenters. The zero-order valence-corrected chi connectivity index (χ0v) is 10.4. The van der Waals surface area contributed by atoms with Crippen molar-refractivity contribution < 1.29 is 0 Å². The van der Waals surface area contributed by atoms with Gasteiger partial charge in [0.25, 0.3) is 0 Å². The molecule has 0 unspecified atom stereocenters. The zero-order valence-electron chi connectivity index (χ0n) is 9.57. The molecule has 1 saturated carbocycles. The Balaban J connectivity index is 2.09. The number of rotatable bonds is 4. The van der Waals surface area contributed by atoms with Crippen LogP contribution in [0.5, 0.6) is 0 Å². The van der Waals surface area contributed by atoms with E-state index in [2.05, 4.69) is 36.5 Å². The van der Waals surface area contributed by atoms with Crippen molar-refractivity contribution in [1.29, 1.82) is 0 Å². The van der Waals surface area contributed by atoms with Crippen LogP contribution in [0.2, 0.25) is 0 Å². The highest BCUT2D eigenvalue weighted by Gasteiger charge is 2.26. The van der Waals surface area contributed by atoms with Crippen molar-refractivity contribution in [2.75, 3.05) is 0 Å². The van der Waals surface area contributed by atoms with Gasteiger partial charge in [0.1, 0.15) is 0 Å². The van der Waals surface area contributed by atoms with Crippen molar-refractivity contribution in [2.45, 2.75) is 32.2 Å². The van der Waals surface area contributed by atoms with Gasteiger partial charge in [0.2, 0.25) is 0 Å². The average Bonchev–Trinajstić information content (AvgIpc) is 3.01. The number of benzene rings is 1. The predicted octanol–water partition coefficient (Wildman–Crippen LogP) is 2.67. The largest absolute Gasteiger partial charge is 0.376 e. The second-order valence-corrected chi connectivity index (χ2v) is 5.09. The number of thiocarbonyl (C=S) groups is 1. The Labute approximate surface area is 102 Å². The first kappa shape index (κ1) is 11.4. The van der Waals surface area contributed by atoms with Gasteiger partial charge in [-0.25, -0.2) is 0 Å². The molecule has 1 aliphatic rings. The summed E-state index contributed by atoms with van der Waals surface area (Å²) in [7, 11) is 0. The predicted molar refractivity (Wildman–Crippen MR) is 71.2 cm³/mol. The standard InChI is InChI=1S/C13H18N2S/c1-9-2-6-11(7-3-9)12(15-13(14)16)8-10-4-5-10/h2-3,6-7,10,12H,4-5,8H2,1H3,(H3,14,15,16)/t12-/m0/s1. The normalized spacial score (nSPS) is 16.8. The van der Waals surface area contributed by atoms with Gasteiger partial charge in [-0.1, -0.05) is 42.7 Å². The molecule has 2 nitrogen and oxygen atoms in total. The first-order valence-electron chi connectivity index (χ1n) is 5.77. The lowest BCUT2D eigenvalue weighted by Crippen LogP contribution is -2.33. The summed E-state index contributed by atoms with van der Waals surface area (Å²) in [6.07, 6.45) is 3.84. The van der Waals surface area contributed by atoms with Crippen LogP contribution in [-0.2, 0) is 0 Å². The molecule has 1 aromatic carbocycles. The summed E-state index contributed by atoms with van der Waals surface area (Å²) in [5, 5.41) is 3.59. The van der Waals surface area contributed by atoms with Gasteiger partial charge in [0.15, 0.2) is 5.11 Å². The van der Waals surface area contributed by atoms with E-state index in [-0.39, 0.29) is 6.04 Å². The summed E-state index contributed by atoms with van der Waals surface area (Å²) >= 11 is 4.94. The first-order valence-corrected chi connectivity index (χ1v) is 6.18. The summed E-state index contributed by atoms with van der Waals surface area (Å²) in [5.74, 6) is 0.855. The van der Waals surface area contributed by atoms with Gasteiger partial charge in [-0.2, -0.15) is 0 Å². The van der Waals surface area contributed by atoms with Gasteiger partial charge in [-0.05, 0) is 37.0 Å². The fourth-order valence-electron chi connectivity index (χ4n) is 1.94. The molecule has 0 amide bonds. The lowest BCUT2D eigenvalue weighted by atomic mass is 10.0. The SMILES string of the molecule is Cc1ccc([C@H](CC2CC2)NC(N)=S)cc1. The molecule has 16 heavy (non-hydrogen) atoms. The maximum Gasteiger partial charge on any atom is 0.164 e. The molecule has 0 aliphatic heterocycles. The Morgan fingerprint density at radius 3 is 2.56 bits per heavy atom. The lowest BCUT2D eigenvalue weighted by Gasteiger charge is -2.19. The van der Waals surface area contributed by atoms with Crippen LogP contribution in [0.15, 0.2) is 24.3 Å². The molecule has 3 heteroatoms. The highest BCUT2D eigenvalue weighted by Crippen LogP contribution is 2.37. The van der Waals surface area contributed by atoms with Crippen LogP contribution in [0.25, 0.3) is 0 Å². The Kier molecular flexibility index (Phi) is 3.44.